The molecule has 0 atom stereocenters. The number of carboxylic acids is 1. The molecule has 27 heavy (non-hydrogen) atoms. The molecule has 0 saturated carbocycles. The molecule has 0 unspecified atom stereocenters. The van der Waals surface area contributed by atoms with E-state index >= 15 is 0 Å². The Balaban J connectivity index is 0.00000261. The number of aliphatic carboxylic acids is 1. The lowest BCUT2D eigenvalue weighted by atomic mass is 10.0. The van der Waals surface area contributed by atoms with Crippen molar-refractivity contribution in [3.8, 4) is 11.4 Å². The molecule has 1 aliphatic heterocycles. The summed E-state index contributed by atoms with van der Waals surface area (Å²) in [6.07, 6.45) is 2.66. The monoisotopic (exact) mass is 414 g/mol. The third kappa shape index (κ3) is 6.17. The van der Waals surface area contributed by atoms with E-state index in [4.69, 9.17) is 21.2 Å². The fourth-order valence-corrected chi connectivity index (χ4v) is 3.38. The van der Waals surface area contributed by atoms with Gasteiger partial charge in [0.1, 0.15) is 0 Å². The second-order valence-electron chi connectivity index (χ2n) is 6.65. The summed E-state index contributed by atoms with van der Waals surface area (Å²) in [7, 11) is 1.88. The summed E-state index contributed by atoms with van der Waals surface area (Å²) in [5, 5.41) is 13.6. The molecule has 0 radical (unpaired) electrons. The zero-order valence-corrected chi connectivity index (χ0v) is 16.7. The molecule has 1 saturated heterocycles. The number of aromatic nitrogens is 2. The maximum atomic E-state index is 10.8. The smallest absolute Gasteiger partial charge is 0.317 e. The van der Waals surface area contributed by atoms with Gasteiger partial charge in [-0.3, -0.25) is 9.69 Å². The second kappa shape index (κ2) is 10.0. The summed E-state index contributed by atoms with van der Waals surface area (Å²) in [6.45, 7) is 2.86. The van der Waals surface area contributed by atoms with Crippen LogP contribution in [0.1, 0.15) is 18.7 Å². The van der Waals surface area contributed by atoms with Crippen molar-refractivity contribution in [3.05, 3.63) is 35.2 Å². The van der Waals surface area contributed by atoms with Gasteiger partial charge >= 0.3 is 5.97 Å². The van der Waals surface area contributed by atoms with Crippen LogP contribution in [0.5, 0.6) is 0 Å². The van der Waals surface area contributed by atoms with Crippen LogP contribution in [0.2, 0.25) is 5.02 Å². The molecule has 1 aromatic heterocycles. The van der Waals surface area contributed by atoms with Crippen molar-refractivity contribution < 1.29 is 14.4 Å². The molecule has 2 aromatic rings. The molecule has 1 aliphatic rings. The van der Waals surface area contributed by atoms with Crippen molar-refractivity contribution in [1.82, 2.24) is 19.9 Å². The maximum Gasteiger partial charge on any atom is 0.317 e. The number of carbonyl (C=O) groups is 1. The lowest BCUT2D eigenvalue weighted by Gasteiger charge is -2.35. The van der Waals surface area contributed by atoms with E-state index in [0.29, 0.717) is 29.2 Å². The Morgan fingerprint density at radius 3 is 2.63 bits per heavy atom. The number of hydrogen-bond acceptors (Lipinski definition) is 6. The number of hydrogen-bond donors (Lipinski definition) is 1. The molecule has 3 rings (SSSR count). The Morgan fingerprint density at radius 1 is 1.33 bits per heavy atom. The first-order valence-electron chi connectivity index (χ1n) is 8.74. The van der Waals surface area contributed by atoms with Crippen molar-refractivity contribution in [1.29, 1.82) is 0 Å². The molecule has 1 N–H and O–H groups in total. The molecule has 1 aromatic carbocycles. The van der Waals surface area contributed by atoms with Gasteiger partial charge in [0.15, 0.2) is 0 Å². The Bertz CT molecular complexity index is 730. The lowest BCUT2D eigenvalue weighted by Crippen LogP contribution is -2.45. The van der Waals surface area contributed by atoms with Crippen molar-refractivity contribution in [2.75, 3.05) is 33.2 Å². The zero-order chi connectivity index (χ0) is 18.5. The molecule has 0 spiro atoms. The van der Waals surface area contributed by atoms with Crippen molar-refractivity contribution in [2.45, 2.75) is 25.3 Å². The molecule has 1 fully saturated rings. The van der Waals surface area contributed by atoms with Crippen LogP contribution in [-0.2, 0) is 11.2 Å². The molecule has 7 nitrogen and oxygen atoms in total. The number of benzene rings is 1. The molecule has 2 heterocycles. The van der Waals surface area contributed by atoms with Crippen LogP contribution in [0.15, 0.2) is 28.8 Å². The van der Waals surface area contributed by atoms with E-state index in [0.717, 1.165) is 38.0 Å². The SMILES string of the molecule is CN(CC(=O)O)C1CCN(CCc2nc(-c3ccc(Cl)cc3)no2)CC1.Cl. The summed E-state index contributed by atoms with van der Waals surface area (Å²) >= 11 is 5.89. The highest BCUT2D eigenvalue weighted by Gasteiger charge is 2.23. The fourth-order valence-electron chi connectivity index (χ4n) is 3.25. The number of nitrogens with zero attached hydrogens (tertiary/aromatic N) is 4. The molecular formula is C18H24Cl2N4O3. The van der Waals surface area contributed by atoms with Gasteiger partial charge in [0.05, 0.1) is 6.54 Å². The minimum Gasteiger partial charge on any atom is -0.480 e. The van der Waals surface area contributed by atoms with Gasteiger partial charge in [-0.2, -0.15) is 4.98 Å². The van der Waals surface area contributed by atoms with E-state index in [9.17, 15) is 4.79 Å². The topological polar surface area (TPSA) is 82.7 Å². The number of rotatable bonds is 7. The molecule has 0 aliphatic carbocycles. The molecule has 9 heteroatoms. The van der Waals surface area contributed by atoms with Crippen molar-refractivity contribution in [2.24, 2.45) is 0 Å². The van der Waals surface area contributed by atoms with Crippen molar-refractivity contribution in [3.63, 3.8) is 0 Å². The highest BCUT2D eigenvalue weighted by Crippen LogP contribution is 2.19. The van der Waals surface area contributed by atoms with Crippen LogP contribution < -0.4 is 0 Å². The number of halogens is 2. The van der Waals surface area contributed by atoms with Crippen LogP contribution in [0.3, 0.4) is 0 Å². The van der Waals surface area contributed by atoms with Crippen LogP contribution >= 0.6 is 24.0 Å². The van der Waals surface area contributed by atoms with Gasteiger partial charge in [0, 0.05) is 29.6 Å². The van der Waals surface area contributed by atoms with E-state index < -0.39 is 5.97 Å². The Morgan fingerprint density at radius 2 is 2.00 bits per heavy atom. The molecule has 0 amide bonds. The maximum absolute atomic E-state index is 10.8. The van der Waals surface area contributed by atoms with Gasteiger partial charge in [0.2, 0.25) is 11.7 Å². The summed E-state index contributed by atoms with van der Waals surface area (Å²) in [5.41, 5.74) is 0.881. The first kappa shape index (κ1) is 21.6. The second-order valence-corrected chi connectivity index (χ2v) is 7.09. The number of carboxylic acid groups (broad SMARTS) is 1. The minimum atomic E-state index is -0.775. The average molecular weight is 415 g/mol. The van der Waals surface area contributed by atoms with Crippen LogP contribution in [0.4, 0.5) is 0 Å². The summed E-state index contributed by atoms with van der Waals surface area (Å²) in [4.78, 5) is 19.5. The predicted molar refractivity (Wildman–Crippen MR) is 105 cm³/mol. The quantitative estimate of drug-likeness (QED) is 0.745. The summed E-state index contributed by atoms with van der Waals surface area (Å²) in [5.74, 6) is 0.425. The van der Waals surface area contributed by atoms with Crippen LogP contribution in [0, 0.1) is 0 Å². The number of piperidine rings is 1. The normalized spacial score (nSPS) is 15.7. The van der Waals surface area contributed by atoms with Gasteiger partial charge in [-0.05, 0) is 57.2 Å². The van der Waals surface area contributed by atoms with Gasteiger partial charge < -0.3 is 14.5 Å². The summed E-state index contributed by atoms with van der Waals surface area (Å²) in [6, 6.07) is 7.68. The van der Waals surface area contributed by atoms with E-state index in [1.165, 1.54) is 0 Å². The van der Waals surface area contributed by atoms with E-state index in [-0.39, 0.29) is 19.0 Å². The van der Waals surface area contributed by atoms with Crippen molar-refractivity contribution >= 4 is 30.0 Å². The van der Waals surface area contributed by atoms with Crippen LogP contribution in [0.25, 0.3) is 11.4 Å². The Hall–Kier alpha value is -1.67. The Labute approximate surface area is 169 Å². The standard InChI is InChI=1S/C18H23ClN4O3.ClH/c1-22(12-17(24)25)15-6-9-23(10-7-15)11-8-16-20-18(21-26-16)13-2-4-14(19)5-3-13;/h2-5,15H,6-12H2,1H3,(H,24,25);1H. The average Bonchev–Trinajstić information content (AvgIpc) is 3.09. The number of likely N-dealkylation sites (N-methyl/N-ethyl adjacent to an activating group) is 1. The predicted octanol–water partition coefficient (Wildman–Crippen LogP) is 2.84. The third-order valence-corrected chi connectivity index (χ3v) is 5.03. The van der Waals surface area contributed by atoms with Gasteiger partial charge in [-0.1, -0.05) is 16.8 Å². The molecule has 0 bridgehead atoms. The van der Waals surface area contributed by atoms with Crippen LogP contribution in [-0.4, -0.2) is 70.3 Å². The van der Waals surface area contributed by atoms with E-state index in [1.807, 2.05) is 24.1 Å². The Kier molecular flexibility index (Phi) is 8.04. The zero-order valence-electron chi connectivity index (χ0n) is 15.2. The first-order chi connectivity index (χ1) is 12.5. The third-order valence-electron chi connectivity index (χ3n) is 4.78. The van der Waals surface area contributed by atoms with E-state index in [1.54, 1.807) is 12.1 Å². The first-order valence-corrected chi connectivity index (χ1v) is 9.12. The lowest BCUT2D eigenvalue weighted by molar-refractivity contribution is -0.138. The fraction of sp³-hybridized carbons (Fsp3) is 0.500. The van der Waals surface area contributed by atoms with E-state index in [2.05, 4.69) is 15.0 Å². The van der Waals surface area contributed by atoms with Gasteiger partial charge in [0.25, 0.3) is 0 Å². The minimum absolute atomic E-state index is 0. The molecule has 148 valence electrons. The highest BCUT2D eigenvalue weighted by atomic mass is 35.5. The summed E-state index contributed by atoms with van der Waals surface area (Å²) < 4.78 is 5.35. The van der Waals surface area contributed by atoms with Gasteiger partial charge in [-0.15, -0.1) is 12.4 Å². The largest absolute Gasteiger partial charge is 0.480 e. The van der Waals surface area contributed by atoms with Gasteiger partial charge in [-0.25, -0.2) is 0 Å². The number of likely N-dealkylation sites (tertiary alicyclic amines) is 1. The highest BCUT2D eigenvalue weighted by molar-refractivity contribution is 6.30. The molecular weight excluding hydrogens is 391 g/mol.